The lowest BCUT2D eigenvalue weighted by Gasteiger charge is -2.24. The third-order valence-corrected chi connectivity index (χ3v) is 2.47. The number of alkyl carbamates (subject to hydrolysis) is 1. The van der Waals surface area contributed by atoms with Crippen LogP contribution in [0.25, 0.3) is 0 Å². The number of aromatic nitrogens is 2. The van der Waals surface area contributed by atoms with E-state index in [4.69, 9.17) is 4.74 Å². The maximum atomic E-state index is 12.4. The summed E-state index contributed by atoms with van der Waals surface area (Å²) in [6.45, 7) is 6.58. The first-order chi connectivity index (χ1) is 9.94. The van der Waals surface area contributed by atoms with Crippen LogP contribution in [0.15, 0.2) is 4.52 Å². The Bertz CT molecular complexity index is 510. The predicted molar refractivity (Wildman–Crippen MR) is 67.7 cm³/mol. The Labute approximate surface area is 124 Å². The van der Waals surface area contributed by atoms with Crippen LogP contribution in [-0.2, 0) is 10.9 Å². The molecule has 0 aromatic carbocycles. The SMILES string of the molecule is CCC(NC(=O)OC(C)(C)C)[C@H](O)c1noc(C(F)(F)F)n1. The third-order valence-electron chi connectivity index (χ3n) is 2.47. The van der Waals surface area contributed by atoms with Crippen LogP contribution in [0.2, 0.25) is 0 Å². The van der Waals surface area contributed by atoms with Gasteiger partial charge in [0.05, 0.1) is 6.04 Å². The quantitative estimate of drug-likeness (QED) is 0.882. The van der Waals surface area contributed by atoms with E-state index in [2.05, 4.69) is 20.0 Å². The minimum Gasteiger partial charge on any atom is -0.444 e. The van der Waals surface area contributed by atoms with Gasteiger partial charge in [0.15, 0.2) is 0 Å². The molecule has 0 radical (unpaired) electrons. The van der Waals surface area contributed by atoms with Gasteiger partial charge in [-0.15, -0.1) is 0 Å². The number of carbonyl (C=O) groups excluding carboxylic acids is 1. The summed E-state index contributed by atoms with van der Waals surface area (Å²) in [7, 11) is 0. The molecule has 1 aromatic rings. The highest BCUT2D eigenvalue weighted by molar-refractivity contribution is 5.68. The Kier molecular flexibility index (Phi) is 5.39. The van der Waals surface area contributed by atoms with Crippen LogP contribution in [0.3, 0.4) is 0 Å². The predicted octanol–water partition coefficient (Wildman–Crippen LogP) is 2.43. The number of amides is 1. The highest BCUT2D eigenvalue weighted by Gasteiger charge is 2.40. The van der Waals surface area contributed by atoms with E-state index in [1.165, 1.54) is 0 Å². The zero-order valence-corrected chi connectivity index (χ0v) is 12.6. The second-order valence-corrected chi connectivity index (χ2v) is 5.56. The summed E-state index contributed by atoms with van der Waals surface area (Å²) in [6.07, 6.45) is -6.95. The fourth-order valence-corrected chi connectivity index (χ4v) is 1.51. The van der Waals surface area contributed by atoms with Gasteiger partial charge in [0, 0.05) is 0 Å². The largest absolute Gasteiger partial charge is 0.471 e. The van der Waals surface area contributed by atoms with Gasteiger partial charge < -0.3 is 19.7 Å². The van der Waals surface area contributed by atoms with Crippen molar-refractivity contribution in [1.82, 2.24) is 15.5 Å². The van der Waals surface area contributed by atoms with Crippen molar-refractivity contribution >= 4 is 6.09 Å². The van der Waals surface area contributed by atoms with Crippen molar-refractivity contribution in [2.24, 2.45) is 0 Å². The molecule has 0 fully saturated rings. The molecule has 2 N–H and O–H groups in total. The number of aliphatic hydroxyl groups is 1. The van der Waals surface area contributed by atoms with Crippen molar-refractivity contribution < 1.29 is 32.3 Å². The minimum absolute atomic E-state index is 0.219. The molecule has 1 heterocycles. The molecule has 22 heavy (non-hydrogen) atoms. The van der Waals surface area contributed by atoms with Crippen LogP contribution in [0.1, 0.15) is 51.9 Å². The standard InChI is InChI=1S/C12H18F3N3O4/c1-5-6(16-10(20)21-11(2,3)4)7(19)8-17-9(22-18-8)12(13,14)15/h6-7,19H,5H2,1-4H3,(H,16,20)/t6?,7-/m0/s1. The van der Waals surface area contributed by atoms with Crippen molar-refractivity contribution in [3.05, 3.63) is 11.7 Å². The average Bonchev–Trinajstić information content (AvgIpc) is 2.82. The summed E-state index contributed by atoms with van der Waals surface area (Å²) < 4.78 is 46.2. The smallest absolute Gasteiger partial charge is 0.444 e. The van der Waals surface area contributed by atoms with Crippen LogP contribution >= 0.6 is 0 Å². The molecule has 126 valence electrons. The summed E-state index contributed by atoms with van der Waals surface area (Å²) in [4.78, 5) is 14.7. The van der Waals surface area contributed by atoms with Gasteiger partial charge >= 0.3 is 18.2 Å². The molecule has 0 saturated heterocycles. The van der Waals surface area contributed by atoms with Gasteiger partial charge in [0.1, 0.15) is 11.7 Å². The normalized spacial score (nSPS) is 15.3. The maximum Gasteiger partial charge on any atom is 0.471 e. The lowest BCUT2D eigenvalue weighted by Crippen LogP contribution is -2.42. The zero-order valence-electron chi connectivity index (χ0n) is 12.6. The molecule has 1 rings (SSSR count). The third kappa shape index (κ3) is 5.17. The minimum atomic E-state index is -4.80. The molecule has 0 saturated carbocycles. The van der Waals surface area contributed by atoms with Gasteiger partial charge in [0.2, 0.25) is 5.82 Å². The molecule has 0 aliphatic carbocycles. The van der Waals surface area contributed by atoms with Gasteiger partial charge in [0.25, 0.3) is 0 Å². The van der Waals surface area contributed by atoms with Crippen molar-refractivity contribution in [1.29, 1.82) is 0 Å². The molecule has 0 aliphatic rings. The maximum absolute atomic E-state index is 12.4. The van der Waals surface area contributed by atoms with Gasteiger partial charge in [-0.1, -0.05) is 12.1 Å². The molecule has 0 aliphatic heterocycles. The number of nitrogens with one attached hydrogen (secondary N) is 1. The first-order valence-corrected chi connectivity index (χ1v) is 6.52. The Morgan fingerprint density at radius 3 is 2.41 bits per heavy atom. The first kappa shape index (κ1) is 18.2. The van der Waals surface area contributed by atoms with Crippen molar-refractivity contribution in [3.8, 4) is 0 Å². The van der Waals surface area contributed by atoms with Gasteiger partial charge in [-0.05, 0) is 27.2 Å². The topological polar surface area (TPSA) is 97.5 Å². The van der Waals surface area contributed by atoms with Crippen LogP contribution in [0.5, 0.6) is 0 Å². The number of aliphatic hydroxyl groups excluding tert-OH is 1. The number of nitrogens with zero attached hydrogens (tertiary/aromatic N) is 2. The fraction of sp³-hybridized carbons (Fsp3) is 0.750. The van der Waals surface area contributed by atoms with Gasteiger partial charge in [-0.3, -0.25) is 0 Å². The number of hydrogen-bond acceptors (Lipinski definition) is 6. The first-order valence-electron chi connectivity index (χ1n) is 6.52. The monoisotopic (exact) mass is 325 g/mol. The second kappa shape index (κ2) is 6.51. The number of ether oxygens (including phenoxy) is 1. The molecule has 7 nitrogen and oxygen atoms in total. The highest BCUT2D eigenvalue weighted by Crippen LogP contribution is 2.29. The Morgan fingerprint density at radius 1 is 1.41 bits per heavy atom. The van der Waals surface area contributed by atoms with E-state index < -0.39 is 41.7 Å². The summed E-state index contributed by atoms with van der Waals surface area (Å²) in [5, 5.41) is 15.4. The molecular formula is C12H18F3N3O4. The van der Waals surface area contributed by atoms with E-state index >= 15 is 0 Å². The van der Waals surface area contributed by atoms with E-state index in [0.29, 0.717) is 0 Å². The number of hydrogen-bond donors (Lipinski definition) is 2. The van der Waals surface area contributed by atoms with E-state index in [1.54, 1.807) is 27.7 Å². The van der Waals surface area contributed by atoms with E-state index in [0.717, 1.165) is 0 Å². The summed E-state index contributed by atoms with van der Waals surface area (Å²) in [6, 6.07) is -0.923. The number of halogens is 3. The van der Waals surface area contributed by atoms with Crippen molar-refractivity contribution in [3.63, 3.8) is 0 Å². The molecule has 1 amide bonds. The molecule has 2 atom stereocenters. The number of rotatable bonds is 4. The lowest BCUT2D eigenvalue weighted by atomic mass is 10.1. The summed E-state index contributed by atoms with van der Waals surface area (Å²) in [5.41, 5.74) is -0.747. The average molecular weight is 325 g/mol. The van der Waals surface area contributed by atoms with E-state index in [-0.39, 0.29) is 6.42 Å². The molecule has 0 bridgehead atoms. The number of alkyl halides is 3. The Hall–Kier alpha value is -1.84. The molecule has 0 spiro atoms. The molecule has 1 unspecified atom stereocenters. The fourth-order valence-electron chi connectivity index (χ4n) is 1.51. The molecule has 1 aromatic heterocycles. The summed E-state index contributed by atoms with van der Waals surface area (Å²) >= 11 is 0. The highest BCUT2D eigenvalue weighted by atomic mass is 19.4. The van der Waals surface area contributed by atoms with Gasteiger partial charge in [-0.2, -0.15) is 18.2 Å². The van der Waals surface area contributed by atoms with Gasteiger partial charge in [-0.25, -0.2) is 4.79 Å². The summed E-state index contributed by atoms with van der Waals surface area (Å²) in [5.74, 6) is -2.12. The molecule has 10 heteroatoms. The van der Waals surface area contributed by atoms with Crippen LogP contribution in [-0.4, -0.2) is 33.0 Å². The number of carbonyl (C=O) groups is 1. The Morgan fingerprint density at radius 2 is 2.00 bits per heavy atom. The zero-order chi connectivity index (χ0) is 17.1. The second-order valence-electron chi connectivity index (χ2n) is 5.56. The van der Waals surface area contributed by atoms with Crippen LogP contribution in [0, 0.1) is 0 Å². The van der Waals surface area contributed by atoms with Crippen LogP contribution < -0.4 is 5.32 Å². The van der Waals surface area contributed by atoms with E-state index in [1.807, 2.05) is 0 Å². The Balaban J connectivity index is 2.78. The van der Waals surface area contributed by atoms with Crippen molar-refractivity contribution in [2.75, 3.05) is 0 Å². The molecular weight excluding hydrogens is 307 g/mol. The van der Waals surface area contributed by atoms with E-state index in [9.17, 15) is 23.1 Å². The lowest BCUT2D eigenvalue weighted by molar-refractivity contribution is -0.159. The van der Waals surface area contributed by atoms with Crippen molar-refractivity contribution in [2.45, 2.75) is 58.0 Å². The van der Waals surface area contributed by atoms with Crippen LogP contribution in [0.4, 0.5) is 18.0 Å².